The third kappa shape index (κ3) is 5.24. The van der Waals surface area contributed by atoms with Crippen LogP contribution in [0.1, 0.15) is 25.3 Å². The first-order valence-corrected chi connectivity index (χ1v) is 11.4. The predicted octanol–water partition coefficient (Wildman–Crippen LogP) is 4.79. The average molecular weight is 450 g/mol. The maximum atomic E-state index is 12.4. The van der Waals surface area contributed by atoms with Gasteiger partial charge in [0, 0.05) is 17.1 Å². The number of hydrogen-bond acceptors (Lipinski definition) is 7. The molecule has 7 nitrogen and oxygen atoms in total. The van der Waals surface area contributed by atoms with Crippen LogP contribution in [0.4, 0.5) is 5.69 Å². The lowest BCUT2D eigenvalue weighted by Crippen LogP contribution is -2.15. The number of unbranched alkanes of at least 4 members (excludes halogenated alkanes) is 1. The molecule has 1 aliphatic heterocycles. The molecule has 0 spiro atoms. The number of hydrogen-bond donors (Lipinski definition) is 1. The van der Waals surface area contributed by atoms with Gasteiger partial charge in [-0.3, -0.25) is 4.79 Å². The van der Waals surface area contributed by atoms with Crippen LogP contribution in [0.5, 0.6) is 17.2 Å². The zero-order valence-electron chi connectivity index (χ0n) is 17.7. The van der Waals surface area contributed by atoms with E-state index < -0.39 is 0 Å². The number of amides is 1. The molecule has 2 aromatic carbocycles. The first-order chi connectivity index (χ1) is 15.7. The van der Waals surface area contributed by atoms with Crippen LogP contribution in [0.15, 0.2) is 47.5 Å². The van der Waals surface area contributed by atoms with Gasteiger partial charge < -0.3 is 19.5 Å². The Morgan fingerprint density at radius 3 is 2.66 bits per heavy atom. The van der Waals surface area contributed by atoms with Crippen molar-refractivity contribution in [2.24, 2.45) is 0 Å². The topological polar surface area (TPSA) is 93.5 Å². The summed E-state index contributed by atoms with van der Waals surface area (Å²) in [5.74, 6) is 2.02. The van der Waals surface area contributed by atoms with E-state index in [-0.39, 0.29) is 11.7 Å². The fourth-order valence-corrected chi connectivity index (χ4v) is 3.95. The number of carbonyl (C=O) groups is 1. The third-order valence-corrected chi connectivity index (χ3v) is 5.80. The van der Waals surface area contributed by atoms with Gasteiger partial charge in [0.05, 0.1) is 23.4 Å². The van der Waals surface area contributed by atoms with Gasteiger partial charge in [-0.15, -0.1) is 0 Å². The molecular weight excluding hydrogens is 426 g/mol. The Labute approximate surface area is 190 Å². The molecule has 3 aromatic rings. The minimum atomic E-state index is -0.178. The SMILES string of the molecule is CCCCOc1ccc(NC(=O)CSc2nc3cc4c(cc3cc2C#N)OCCO4)cc1. The first kappa shape index (κ1) is 21.8. The minimum absolute atomic E-state index is 0.131. The fourth-order valence-electron chi connectivity index (χ4n) is 3.18. The van der Waals surface area contributed by atoms with E-state index in [4.69, 9.17) is 14.2 Å². The molecule has 4 rings (SSSR count). The average Bonchev–Trinajstić information content (AvgIpc) is 2.82. The van der Waals surface area contributed by atoms with Gasteiger partial charge in [0.2, 0.25) is 5.91 Å². The van der Waals surface area contributed by atoms with Crippen molar-refractivity contribution in [2.75, 3.05) is 30.9 Å². The molecule has 0 saturated heterocycles. The first-order valence-electron chi connectivity index (χ1n) is 10.5. The number of fused-ring (bicyclic) bond motifs is 2. The molecule has 0 saturated carbocycles. The number of carbonyl (C=O) groups excluding carboxylic acids is 1. The van der Waals surface area contributed by atoms with Crippen molar-refractivity contribution in [3.8, 4) is 23.3 Å². The molecule has 164 valence electrons. The van der Waals surface area contributed by atoms with Gasteiger partial charge in [0.25, 0.3) is 0 Å². The van der Waals surface area contributed by atoms with Crippen LogP contribution >= 0.6 is 11.8 Å². The zero-order chi connectivity index (χ0) is 22.3. The van der Waals surface area contributed by atoms with Gasteiger partial charge in [-0.2, -0.15) is 5.26 Å². The van der Waals surface area contributed by atoms with Crippen LogP contribution in [-0.2, 0) is 4.79 Å². The number of pyridine rings is 1. The Morgan fingerprint density at radius 1 is 1.19 bits per heavy atom. The molecule has 0 radical (unpaired) electrons. The highest BCUT2D eigenvalue weighted by Gasteiger charge is 2.16. The van der Waals surface area contributed by atoms with Crippen molar-refractivity contribution in [3.63, 3.8) is 0 Å². The highest BCUT2D eigenvalue weighted by atomic mass is 32.2. The Kier molecular flexibility index (Phi) is 6.97. The second-order valence-electron chi connectivity index (χ2n) is 7.20. The third-order valence-electron chi connectivity index (χ3n) is 4.81. The Bertz CT molecular complexity index is 1160. The second-order valence-corrected chi connectivity index (χ2v) is 8.17. The molecule has 0 fully saturated rings. The monoisotopic (exact) mass is 449 g/mol. The smallest absolute Gasteiger partial charge is 0.234 e. The molecule has 0 atom stereocenters. The molecule has 0 aliphatic carbocycles. The Hall–Kier alpha value is -3.44. The van der Waals surface area contributed by atoms with Gasteiger partial charge in [-0.05, 0) is 42.8 Å². The molecule has 1 aromatic heterocycles. The van der Waals surface area contributed by atoms with Crippen molar-refractivity contribution in [3.05, 3.63) is 48.0 Å². The van der Waals surface area contributed by atoms with E-state index in [2.05, 4.69) is 23.3 Å². The van der Waals surface area contributed by atoms with E-state index in [9.17, 15) is 10.1 Å². The van der Waals surface area contributed by atoms with Crippen molar-refractivity contribution in [1.82, 2.24) is 4.98 Å². The molecule has 1 N–H and O–H groups in total. The van der Waals surface area contributed by atoms with Crippen molar-refractivity contribution < 1.29 is 19.0 Å². The molecule has 0 unspecified atom stereocenters. The molecule has 1 amide bonds. The van der Waals surface area contributed by atoms with E-state index >= 15 is 0 Å². The molecular formula is C24H23N3O4S. The quantitative estimate of drug-likeness (QED) is 0.390. The number of anilines is 1. The van der Waals surface area contributed by atoms with Crippen LogP contribution in [0.25, 0.3) is 10.9 Å². The Morgan fingerprint density at radius 2 is 1.94 bits per heavy atom. The Balaban J connectivity index is 1.40. The van der Waals surface area contributed by atoms with Gasteiger partial charge in [-0.25, -0.2) is 4.98 Å². The van der Waals surface area contributed by atoms with E-state index in [0.717, 1.165) is 24.0 Å². The summed E-state index contributed by atoms with van der Waals surface area (Å²) in [6.07, 6.45) is 2.09. The second kappa shape index (κ2) is 10.2. The number of nitriles is 1. The normalized spacial score (nSPS) is 12.2. The van der Waals surface area contributed by atoms with Crippen LogP contribution in [0.3, 0.4) is 0 Å². The number of thioether (sulfide) groups is 1. The molecule has 32 heavy (non-hydrogen) atoms. The predicted molar refractivity (Wildman–Crippen MR) is 124 cm³/mol. The molecule has 2 heterocycles. The van der Waals surface area contributed by atoms with E-state index in [0.29, 0.717) is 53.1 Å². The number of benzene rings is 2. The zero-order valence-corrected chi connectivity index (χ0v) is 18.5. The number of aromatic nitrogens is 1. The van der Waals surface area contributed by atoms with Crippen LogP contribution in [-0.4, -0.2) is 36.5 Å². The van der Waals surface area contributed by atoms with Gasteiger partial charge in [0.15, 0.2) is 11.5 Å². The van der Waals surface area contributed by atoms with Crippen LogP contribution < -0.4 is 19.5 Å². The molecule has 8 heteroatoms. The summed E-state index contributed by atoms with van der Waals surface area (Å²) >= 11 is 1.23. The highest BCUT2D eigenvalue weighted by molar-refractivity contribution is 8.00. The number of rotatable bonds is 8. The summed E-state index contributed by atoms with van der Waals surface area (Å²) in [7, 11) is 0. The summed E-state index contributed by atoms with van der Waals surface area (Å²) in [6, 6.07) is 14.9. The standard InChI is InChI=1S/C24H23N3O4S/c1-2-3-8-29-19-6-4-18(5-7-19)26-23(28)15-32-24-17(14-25)11-16-12-21-22(13-20(16)27-24)31-10-9-30-21/h4-7,11-13H,2-3,8-10,15H2,1H3,(H,26,28). The van der Waals surface area contributed by atoms with E-state index in [1.165, 1.54) is 11.8 Å². The van der Waals surface area contributed by atoms with E-state index in [1.807, 2.05) is 30.3 Å². The van der Waals surface area contributed by atoms with Crippen molar-refractivity contribution >= 4 is 34.3 Å². The van der Waals surface area contributed by atoms with Gasteiger partial charge in [0.1, 0.15) is 30.1 Å². The lowest BCUT2D eigenvalue weighted by Gasteiger charge is -2.18. The highest BCUT2D eigenvalue weighted by Crippen LogP contribution is 2.35. The maximum absolute atomic E-state index is 12.4. The minimum Gasteiger partial charge on any atom is -0.494 e. The van der Waals surface area contributed by atoms with Gasteiger partial charge in [-0.1, -0.05) is 25.1 Å². The van der Waals surface area contributed by atoms with Gasteiger partial charge >= 0.3 is 0 Å². The van der Waals surface area contributed by atoms with Crippen molar-refractivity contribution in [2.45, 2.75) is 24.8 Å². The number of ether oxygens (including phenoxy) is 3. The largest absolute Gasteiger partial charge is 0.494 e. The lowest BCUT2D eigenvalue weighted by atomic mass is 10.1. The van der Waals surface area contributed by atoms with Crippen LogP contribution in [0, 0.1) is 11.3 Å². The summed E-state index contributed by atoms with van der Waals surface area (Å²) in [4.78, 5) is 17.0. The summed E-state index contributed by atoms with van der Waals surface area (Å²) < 4.78 is 16.9. The lowest BCUT2D eigenvalue weighted by molar-refractivity contribution is -0.113. The molecule has 0 bridgehead atoms. The summed E-state index contributed by atoms with van der Waals surface area (Å²) in [6.45, 7) is 3.78. The summed E-state index contributed by atoms with van der Waals surface area (Å²) in [5.41, 5.74) is 1.80. The number of nitrogens with one attached hydrogen (secondary N) is 1. The summed E-state index contributed by atoms with van der Waals surface area (Å²) in [5, 5.41) is 13.7. The van der Waals surface area contributed by atoms with Crippen molar-refractivity contribution in [1.29, 1.82) is 5.26 Å². The molecule has 1 aliphatic rings. The van der Waals surface area contributed by atoms with Crippen LogP contribution in [0.2, 0.25) is 0 Å². The maximum Gasteiger partial charge on any atom is 0.234 e. The van der Waals surface area contributed by atoms with E-state index in [1.54, 1.807) is 12.1 Å². The number of nitrogens with zero attached hydrogens (tertiary/aromatic N) is 2. The fraction of sp³-hybridized carbons (Fsp3) is 0.292.